The summed E-state index contributed by atoms with van der Waals surface area (Å²) in [6.45, 7) is 3.96. The molecule has 1 aromatic rings. The van der Waals surface area contributed by atoms with Gasteiger partial charge >= 0.3 is 7.12 Å². The Hall–Kier alpha value is -0.995. The molecule has 0 saturated heterocycles. The highest BCUT2D eigenvalue weighted by Crippen LogP contribution is 2.10. The molecule has 14 heavy (non-hydrogen) atoms. The fourth-order valence-corrected chi connectivity index (χ4v) is 1.10. The fourth-order valence-electron chi connectivity index (χ4n) is 1.10. The van der Waals surface area contributed by atoms with Crippen molar-refractivity contribution in [3.05, 3.63) is 24.3 Å². The summed E-state index contributed by atoms with van der Waals surface area (Å²) in [7, 11) is -1.48. The first-order valence-corrected chi connectivity index (χ1v) is 4.76. The lowest BCUT2D eigenvalue weighted by molar-refractivity contribution is 0.218. The molecule has 1 aromatic carbocycles. The van der Waals surface area contributed by atoms with Crippen LogP contribution in [0.1, 0.15) is 20.3 Å². The van der Waals surface area contributed by atoms with E-state index in [-0.39, 0.29) is 6.10 Å². The quantitative estimate of drug-likeness (QED) is 0.688. The zero-order chi connectivity index (χ0) is 10.6. The second-order valence-electron chi connectivity index (χ2n) is 3.25. The van der Waals surface area contributed by atoms with Crippen LogP contribution in [-0.4, -0.2) is 23.3 Å². The van der Waals surface area contributed by atoms with E-state index in [9.17, 15) is 0 Å². The van der Waals surface area contributed by atoms with Crippen molar-refractivity contribution in [1.29, 1.82) is 0 Å². The first-order chi connectivity index (χ1) is 6.65. The number of para-hydroxylation sites is 1. The Balaban J connectivity index is 2.84. The van der Waals surface area contributed by atoms with Crippen molar-refractivity contribution in [2.24, 2.45) is 0 Å². The average molecular weight is 194 g/mol. The maximum absolute atomic E-state index is 9.07. The zero-order valence-corrected chi connectivity index (χ0v) is 8.47. The Morgan fingerprint density at radius 2 is 2.00 bits per heavy atom. The molecule has 2 N–H and O–H groups in total. The largest absolute Gasteiger partial charge is 0.492 e. The van der Waals surface area contributed by atoms with Gasteiger partial charge in [-0.25, -0.2) is 0 Å². The standard InChI is InChI=1S/C10H15BO3/c1-3-8(2)14-10-7-5-4-6-9(10)11(12)13/h4-8,12-13H,3H2,1-2H3. The van der Waals surface area contributed by atoms with Gasteiger partial charge in [0.1, 0.15) is 5.75 Å². The van der Waals surface area contributed by atoms with Crippen LogP contribution in [0.25, 0.3) is 0 Å². The number of hydrogen-bond acceptors (Lipinski definition) is 3. The van der Waals surface area contributed by atoms with Gasteiger partial charge in [-0.3, -0.25) is 0 Å². The van der Waals surface area contributed by atoms with E-state index in [1.807, 2.05) is 19.9 Å². The normalized spacial score (nSPS) is 12.3. The second-order valence-corrected chi connectivity index (χ2v) is 3.25. The predicted molar refractivity (Wildman–Crippen MR) is 56.6 cm³/mol. The van der Waals surface area contributed by atoms with Gasteiger partial charge in [-0.15, -0.1) is 0 Å². The Morgan fingerprint density at radius 1 is 1.36 bits per heavy atom. The minimum absolute atomic E-state index is 0.0786. The van der Waals surface area contributed by atoms with Crippen LogP contribution in [-0.2, 0) is 0 Å². The molecule has 76 valence electrons. The number of ether oxygens (including phenoxy) is 1. The van der Waals surface area contributed by atoms with Crippen molar-refractivity contribution in [1.82, 2.24) is 0 Å². The lowest BCUT2D eigenvalue weighted by atomic mass is 9.79. The molecule has 0 amide bonds. The van der Waals surface area contributed by atoms with Crippen LogP contribution < -0.4 is 10.2 Å². The molecule has 0 spiro atoms. The van der Waals surface area contributed by atoms with E-state index in [4.69, 9.17) is 14.8 Å². The maximum atomic E-state index is 9.07. The van der Waals surface area contributed by atoms with Crippen molar-refractivity contribution >= 4 is 12.6 Å². The maximum Gasteiger partial charge on any atom is 0.492 e. The number of hydrogen-bond donors (Lipinski definition) is 2. The molecule has 1 atom stereocenters. The Labute approximate surface area is 84.5 Å². The topological polar surface area (TPSA) is 49.7 Å². The van der Waals surface area contributed by atoms with E-state index in [1.165, 1.54) is 0 Å². The van der Waals surface area contributed by atoms with Crippen LogP contribution in [0.4, 0.5) is 0 Å². The van der Waals surface area contributed by atoms with Gasteiger partial charge in [0.15, 0.2) is 0 Å². The molecule has 0 saturated carbocycles. The third kappa shape index (κ3) is 2.75. The summed E-state index contributed by atoms with van der Waals surface area (Å²) in [4.78, 5) is 0. The van der Waals surface area contributed by atoms with Crippen LogP contribution in [0, 0.1) is 0 Å². The molecular weight excluding hydrogens is 179 g/mol. The molecule has 0 aliphatic heterocycles. The molecular formula is C10H15BO3. The summed E-state index contributed by atoms with van der Waals surface area (Å²) in [5.74, 6) is 0.539. The first-order valence-electron chi connectivity index (χ1n) is 4.76. The summed E-state index contributed by atoms with van der Waals surface area (Å²) < 4.78 is 5.54. The van der Waals surface area contributed by atoms with Gasteiger partial charge in [0.2, 0.25) is 0 Å². The fraction of sp³-hybridized carbons (Fsp3) is 0.400. The smallest absolute Gasteiger partial charge is 0.491 e. The SMILES string of the molecule is CCC(C)Oc1ccccc1B(O)O. The van der Waals surface area contributed by atoms with Crippen molar-refractivity contribution in [2.75, 3.05) is 0 Å². The lowest BCUT2D eigenvalue weighted by Gasteiger charge is -2.15. The summed E-state index contributed by atoms with van der Waals surface area (Å²) in [6.07, 6.45) is 0.963. The third-order valence-corrected chi connectivity index (χ3v) is 2.10. The molecule has 0 aromatic heterocycles. The molecule has 1 unspecified atom stereocenters. The monoisotopic (exact) mass is 194 g/mol. The summed E-state index contributed by atoms with van der Waals surface area (Å²) in [5, 5.41) is 18.1. The van der Waals surface area contributed by atoms with E-state index in [0.29, 0.717) is 11.2 Å². The molecule has 0 aliphatic carbocycles. The van der Waals surface area contributed by atoms with Crippen LogP contribution >= 0.6 is 0 Å². The van der Waals surface area contributed by atoms with Gasteiger partial charge < -0.3 is 14.8 Å². The van der Waals surface area contributed by atoms with Crippen LogP contribution in [0.15, 0.2) is 24.3 Å². The Morgan fingerprint density at radius 3 is 2.57 bits per heavy atom. The van der Waals surface area contributed by atoms with Gasteiger partial charge in [-0.05, 0) is 19.4 Å². The Kier molecular flexibility index (Phi) is 3.98. The lowest BCUT2D eigenvalue weighted by Crippen LogP contribution is -2.32. The van der Waals surface area contributed by atoms with E-state index >= 15 is 0 Å². The summed E-state index contributed by atoms with van der Waals surface area (Å²) >= 11 is 0. The van der Waals surface area contributed by atoms with E-state index in [2.05, 4.69) is 0 Å². The first kappa shape index (κ1) is 11.1. The highest BCUT2D eigenvalue weighted by Gasteiger charge is 2.17. The van der Waals surface area contributed by atoms with Gasteiger partial charge in [-0.2, -0.15) is 0 Å². The molecule has 0 aliphatic rings. The van der Waals surface area contributed by atoms with Gasteiger partial charge in [0.05, 0.1) is 6.10 Å². The summed E-state index contributed by atoms with van der Waals surface area (Å²) in [5.41, 5.74) is 0.410. The molecule has 0 fully saturated rings. The van der Waals surface area contributed by atoms with Crippen LogP contribution in [0.2, 0.25) is 0 Å². The van der Waals surface area contributed by atoms with Crippen LogP contribution in [0.3, 0.4) is 0 Å². The van der Waals surface area contributed by atoms with Crippen molar-refractivity contribution in [2.45, 2.75) is 26.4 Å². The molecule has 0 heterocycles. The highest BCUT2D eigenvalue weighted by molar-refractivity contribution is 6.59. The van der Waals surface area contributed by atoms with E-state index < -0.39 is 7.12 Å². The second kappa shape index (κ2) is 5.03. The highest BCUT2D eigenvalue weighted by atomic mass is 16.5. The van der Waals surface area contributed by atoms with Crippen LogP contribution in [0.5, 0.6) is 5.75 Å². The molecule has 3 nitrogen and oxygen atoms in total. The van der Waals surface area contributed by atoms with Crippen molar-refractivity contribution < 1.29 is 14.8 Å². The van der Waals surface area contributed by atoms with E-state index in [1.54, 1.807) is 18.2 Å². The van der Waals surface area contributed by atoms with Crippen molar-refractivity contribution in [3.8, 4) is 5.75 Å². The summed E-state index contributed by atoms with van der Waals surface area (Å²) in [6, 6.07) is 6.94. The molecule has 1 rings (SSSR count). The average Bonchev–Trinajstić information content (AvgIpc) is 2.18. The van der Waals surface area contributed by atoms with Crippen molar-refractivity contribution in [3.63, 3.8) is 0 Å². The minimum Gasteiger partial charge on any atom is -0.491 e. The van der Waals surface area contributed by atoms with Gasteiger partial charge in [0.25, 0.3) is 0 Å². The van der Waals surface area contributed by atoms with Gasteiger partial charge in [0, 0.05) is 5.46 Å². The van der Waals surface area contributed by atoms with E-state index in [0.717, 1.165) is 6.42 Å². The molecule has 4 heteroatoms. The molecule has 0 bridgehead atoms. The predicted octanol–water partition coefficient (Wildman–Crippen LogP) is 0.544. The minimum atomic E-state index is -1.48. The zero-order valence-electron chi connectivity index (χ0n) is 8.47. The Bertz CT molecular complexity index is 288. The molecule has 0 radical (unpaired) electrons. The third-order valence-electron chi connectivity index (χ3n) is 2.10. The number of rotatable bonds is 4. The number of benzene rings is 1. The van der Waals surface area contributed by atoms with Gasteiger partial charge in [-0.1, -0.05) is 25.1 Å².